The van der Waals surface area contributed by atoms with Crippen LogP contribution in [0.25, 0.3) is 0 Å². The average Bonchev–Trinajstić information content (AvgIpc) is 2.49. The molecule has 0 bridgehead atoms. The molecule has 0 spiro atoms. The van der Waals surface area contributed by atoms with Gasteiger partial charge in [-0.3, -0.25) is 8.42 Å². The zero-order chi connectivity index (χ0) is 17.6. The minimum Gasteiger partial charge on any atom is -0.759 e. The molecule has 2 heterocycles. The summed E-state index contributed by atoms with van der Waals surface area (Å²) in [6, 6.07) is 12.0. The first-order chi connectivity index (χ1) is 10.9. The molecule has 0 radical (unpaired) electrons. The minimum absolute atomic E-state index is 0.890. The van der Waals surface area contributed by atoms with Crippen LogP contribution in [0.1, 0.15) is 0 Å². The first-order valence-corrected chi connectivity index (χ1v) is 7.96. The monoisotopic (exact) mass is 336 g/mol. The van der Waals surface area contributed by atoms with Crippen LogP contribution in [0.15, 0.2) is 86.5 Å². The van der Waals surface area contributed by atoms with Gasteiger partial charge in [0, 0.05) is 34.7 Å². The van der Waals surface area contributed by atoms with Gasteiger partial charge in [0.2, 0.25) is 0 Å². The van der Waals surface area contributed by atoms with E-state index in [1.165, 1.54) is 0 Å². The quantitative estimate of drug-likeness (QED) is 0.360. The maximum Gasteiger partial charge on any atom is 0.169 e. The fourth-order valence-corrected chi connectivity index (χ4v) is 1.41. The molecule has 0 aliphatic rings. The van der Waals surface area contributed by atoms with Crippen molar-refractivity contribution in [1.29, 1.82) is 0 Å². The largest absolute Gasteiger partial charge is 0.759 e. The lowest BCUT2D eigenvalue weighted by molar-refractivity contribution is -0.687. The normalized spacial score (nSPS) is 9.48. The van der Waals surface area contributed by atoms with Crippen LogP contribution in [-0.4, -0.2) is 17.5 Å². The van der Waals surface area contributed by atoms with Gasteiger partial charge in [-0.15, -0.1) is 0 Å². The summed E-state index contributed by atoms with van der Waals surface area (Å²) in [5, 5.41) is 0. The molecule has 0 unspecified atom stereocenters. The van der Waals surface area contributed by atoms with E-state index >= 15 is 0 Å². The summed E-state index contributed by atoms with van der Waals surface area (Å²) < 4.78 is 38.2. The third-order valence-corrected chi connectivity index (χ3v) is 2.23. The molecule has 2 aromatic heterocycles. The molecule has 0 aromatic carbocycles. The van der Waals surface area contributed by atoms with E-state index in [4.69, 9.17) is 17.5 Å². The number of nitrogens with zero attached hydrogens (tertiary/aromatic N) is 2. The van der Waals surface area contributed by atoms with E-state index in [0.29, 0.717) is 0 Å². The molecule has 0 amide bonds. The van der Waals surface area contributed by atoms with E-state index in [1.807, 2.05) is 73.3 Å². The second-order valence-electron chi connectivity index (χ2n) is 4.13. The smallest absolute Gasteiger partial charge is 0.169 e. The Balaban J connectivity index is 0.000000332. The van der Waals surface area contributed by atoms with Crippen molar-refractivity contribution in [2.75, 3.05) is 0 Å². The van der Waals surface area contributed by atoms with E-state index in [2.05, 4.69) is 22.3 Å². The Bertz CT molecular complexity index is 605. The molecule has 0 aliphatic carbocycles. The molecule has 0 atom stereocenters. The van der Waals surface area contributed by atoms with Gasteiger partial charge in [-0.05, 0) is 12.2 Å². The van der Waals surface area contributed by atoms with Crippen LogP contribution in [0, 0.1) is 0 Å². The highest BCUT2D eigenvalue weighted by Gasteiger charge is 1.89. The van der Waals surface area contributed by atoms with E-state index in [9.17, 15) is 0 Å². The second kappa shape index (κ2) is 12.2. The highest BCUT2D eigenvalue weighted by atomic mass is 32.3. The molecule has 0 aliphatic heterocycles. The highest BCUT2D eigenvalue weighted by molar-refractivity contribution is 7.79. The highest BCUT2D eigenvalue weighted by Crippen LogP contribution is 1.76. The summed E-state index contributed by atoms with van der Waals surface area (Å²) in [5.41, 5.74) is 0. The Morgan fingerprint density at radius 3 is 1.22 bits per heavy atom. The van der Waals surface area contributed by atoms with Gasteiger partial charge in [-0.2, -0.15) is 0 Å². The predicted molar refractivity (Wildman–Crippen MR) is 84.1 cm³/mol. The fraction of sp³-hybridized carbons (Fsp3) is 0.125. The Hall–Kier alpha value is -2.35. The van der Waals surface area contributed by atoms with Crippen molar-refractivity contribution in [3.63, 3.8) is 0 Å². The molecule has 2 aromatic rings. The summed E-state index contributed by atoms with van der Waals surface area (Å²) in [6.07, 6.45) is 11.8. The minimum atomic E-state index is -5.17. The topological polar surface area (TPSA) is 88.0 Å². The summed E-state index contributed by atoms with van der Waals surface area (Å²) in [5.74, 6) is 0. The number of allylic oxidation sites excluding steroid dienone is 2. The Morgan fingerprint density at radius 2 is 1.00 bits per heavy atom. The molecule has 0 N–H and O–H groups in total. The first-order valence-electron chi connectivity index (χ1n) is 6.63. The zero-order valence-corrected chi connectivity index (χ0v) is 13.5. The van der Waals surface area contributed by atoms with Crippen LogP contribution in [0.3, 0.4) is 0 Å². The second-order valence-corrected chi connectivity index (χ2v) is 4.95. The van der Waals surface area contributed by atoms with Gasteiger partial charge < -0.3 is 9.11 Å². The SMILES string of the molecule is C=CC[n+]1ccccc1.C=CC[n+]1ccccc1.O=S(=O)([O-])[O-]. The average molecular weight is 336 g/mol. The van der Waals surface area contributed by atoms with Gasteiger partial charge in [0.05, 0.1) is 0 Å². The Kier molecular flexibility index (Phi) is 11.0. The number of hydrogen-bond acceptors (Lipinski definition) is 4. The zero-order valence-electron chi connectivity index (χ0n) is 12.7. The van der Waals surface area contributed by atoms with E-state index in [0.717, 1.165) is 13.1 Å². The van der Waals surface area contributed by atoms with Crippen LogP contribution < -0.4 is 9.13 Å². The first kappa shape index (κ1) is 20.6. The summed E-state index contributed by atoms with van der Waals surface area (Å²) in [6.45, 7) is 9.05. The summed E-state index contributed by atoms with van der Waals surface area (Å²) in [7, 11) is -5.17. The molecule has 23 heavy (non-hydrogen) atoms. The molecule has 0 fully saturated rings. The van der Waals surface area contributed by atoms with Gasteiger partial charge in [0.1, 0.15) is 0 Å². The van der Waals surface area contributed by atoms with Gasteiger partial charge >= 0.3 is 0 Å². The summed E-state index contributed by atoms with van der Waals surface area (Å²) >= 11 is 0. The Morgan fingerprint density at radius 1 is 0.739 bits per heavy atom. The van der Waals surface area contributed by atoms with Gasteiger partial charge in [-0.25, -0.2) is 9.13 Å². The third-order valence-electron chi connectivity index (χ3n) is 2.23. The van der Waals surface area contributed by atoms with Crippen LogP contribution in [0.4, 0.5) is 0 Å². The molecule has 2 rings (SSSR count). The number of pyridine rings is 2. The maximum absolute atomic E-state index is 8.52. The number of aromatic nitrogens is 2. The molecule has 0 saturated heterocycles. The fourth-order valence-electron chi connectivity index (χ4n) is 1.41. The lowest BCUT2D eigenvalue weighted by Crippen LogP contribution is -2.30. The van der Waals surface area contributed by atoms with Crippen LogP contribution in [0.5, 0.6) is 0 Å². The van der Waals surface area contributed by atoms with Crippen molar-refractivity contribution in [3.8, 4) is 0 Å². The predicted octanol–water partition coefficient (Wildman–Crippen LogP) is 0.982. The molecule has 124 valence electrons. The molecular weight excluding hydrogens is 316 g/mol. The van der Waals surface area contributed by atoms with E-state index in [1.54, 1.807) is 0 Å². The van der Waals surface area contributed by atoms with Crippen LogP contribution in [0.2, 0.25) is 0 Å². The third kappa shape index (κ3) is 15.9. The molecule has 6 nitrogen and oxygen atoms in total. The van der Waals surface area contributed by atoms with Crippen molar-refractivity contribution in [1.82, 2.24) is 0 Å². The molecule has 7 heteroatoms. The molecule has 0 saturated carbocycles. The number of rotatable bonds is 4. The van der Waals surface area contributed by atoms with Gasteiger partial charge in [0.15, 0.2) is 37.9 Å². The molecular formula is C16H20N2O4S. The van der Waals surface area contributed by atoms with E-state index in [-0.39, 0.29) is 0 Å². The lowest BCUT2D eigenvalue weighted by atomic mass is 10.5. The van der Waals surface area contributed by atoms with Gasteiger partial charge in [0.25, 0.3) is 0 Å². The van der Waals surface area contributed by atoms with E-state index < -0.39 is 10.4 Å². The van der Waals surface area contributed by atoms with Crippen molar-refractivity contribution >= 4 is 10.4 Å². The maximum atomic E-state index is 8.52. The van der Waals surface area contributed by atoms with Crippen molar-refractivity contribution in [3.05, 3.63) is 86.5 Å². The van der Waals surface area contributed by atoms with Crippen molar-refractivity contribution < 1.29 is 26.7 Å². The summed E-state index contributed by atoms with van der Waals surface area (Å²) in [4.78, 5) is 0. The van der Waals surface area contributed by atoms with Crippen molar-refractivity contribution in [2.24, 2.45) is 0 Å². The van der Waals surface area contributed by atoms with Crippen LogP contribution in [-0.2, 0) is 23.5 Å². The lowest BCUT2D eigenvalue weighted by Gasteiger charge is -2.06. The Labute approximate surface area is 137 Å². The number of hydrogen-bond donors (Lipinski definition) is 0. The van der Waals surface area contributed by atoms with Crippen molar-refractivity contribution in [2.45, 2.75) is 13.1 Å². The van der Waals surface area contributed by atoms with Crippen LogP contribution >= 0.6 is 0 Å². The van der Waals surface area contributed by atoms with Gasteiger partial charge in [-0.1, -0.05) is 25.3 Å². The standard InChI is InChI=1S/2C8H10N.H2O4S/c2*1-2-6-9-7-4-3-5-8-9;1-5(2,3)4/h2*2-5,7-8H,1,6H2;(H2,1,2,3,4)/q2*+1;/p-2.